The zero-order valence-electron chi connectivity index (χ0n) is 19.7. The van der Waals surface area contributed by atoms with Gasteiger partial charge >= 0.3 is 5.97 Å². The summed E-state index contributed by atoms with van der Waals surface area (Å²) in [6.45, 7) is 7.70. The number of carboxylic acid groups (broad SMARTS) is 1. The number of aromatic nitrogens is 7. The molecule has 0 bridgehead atoms. The fraction of sp³-hybridized carbons (Fsp3) is 0.240. The smallest absolute Gasteiger partial charge is 0.337 e. The zero-order valence-corrected chi connectivity index (χ0v) is 19.7. The monoisotopic (exact) mass is 471 g/mol. The maximum atomic E-state index is 11.9. The number of nitrogens with zero attached hydrogens (tertiary/aromatic N) is 6. The van der Waals surface area contributed by atoms with Crippen molar-refractivity contribution in [3.05, 3.63) is 65.4 Å². The third-order valence-corrected chi connectivity index (χ3v) is 6.02. The molecule has 0 unspecified atom stereocenters. The molecule has 35 heavy (non-hydrogen) atoms. The first-order chi connectivity index (χ1) is 17.0. The van der Waals surface area contributed by atoms with Gasteiger partial charge < -0.3 is 14.4 Å². The lowest BCUT2D eigenvalue weighted by Crippen LogP contribution is -2.08. The molecule has 10 nitrogen and oxygen atoms in total. The SMILES string of the molecule is CCOc1nc2cccc(C(=O)O)c2n1Cc1ccc(-c2c(-c3nnn[nH]3)cc(C)n2CC)cc1. The van der Waals surface area contributed by atoms with Gasteiger partial charge in [-0.3, -0.25) is 4.57 Å². The Morgan fingerprint density at radius 3 is 2.57 bits per heavy atom. The van der Waals surface area contributed by atoms with Crippen LogP contribution < -0.4 is 4.74 Å². The molecule has 5 aromatic rings. The molecule has 0 amide bonds. The second-order valence-corrected chi connectivity index (χ2v) is 8.13. The summed E-state index contributed by atoms with van der Waals surface area (Å²) >= 11 is 0. The van der Waals surface area contributed by atoms with Gasteiger partial charge in [-0.15, -0.1) is 5.10 Å². The van der Waals surface area contributed by atoms with E-state index in [4.69, 9.17) is 4.74 Å². The van der Waals surface area contributed by atoms with E-state index < -0.39 is 5.97 Å². The summed E-state index contributed by atoms with van der Waals surface area (Å²) in [6, 6.07) is 15.7. The second kappa shape index (κ2) is 9.05. The number of fused-ring (bicyclic) bond motifs is 1. The predicted molar refractivity (Wildman–Crippen MR) is 130 cm³/mol. The highest BCUT2D eigenvalue weighted by molar-refractivity contribution is 6.01. The summed E-state index contributed by atoms with van der Waals surface area (Å²) in [4.78, 5) is 16.4. The number of aryl methyl sites for hydroxylation is 1. The van der Waals surface area contributed by atoms with Gasteiger partial charge in [0.2, 0.25) is 0 Å². The third-order valence-electron chi connectivity index (χ3n) is 6.02. The van der Waals surface area contributed by atoms with Crippen molar-refractivity contribution in [2.75, 3.05) is 6.61 Å². The van der Waals surface area contributed by atoms with Crippen LogP contribution in [0.2, 0.25) is 0 Å². The molecule has 0 saturated carbocycles. The average molecular weight is 472 g/mol. The van der Waals surface area contributed by atoms with Crippen molar-refractivity contribution in [2.45, 2.75) is 33.9 Å². The Labute approximate surface area is 201 Å². The number of imidazole rings is 1. The lowest BCUT2D eigenvalue weighted by Gasteiger charge is -2.13. The summed E-state index contributed by atoms with van der Waals surface area (Å²) in [5.41, 5.74) is 6.43. The molecule has 2 N–H and O–H groups in total. The van der Waals surface area contributed by atoms with Crippen LogP contribution in [0.25, 0.3) is 33.7 Å². The molecule has 10 heteroatoms. The number of para-hydroxylation sites is 1. The van der Waals surface area contributed by atoms with Crippen LogP contribution in [0.4, 0.5) is 0 Å². The van der Waals surface area contributed by atoms with E-state index in [0.717, 1.165) is 34.6 Å². The quantitative estimate of drug-likeness (QED) is 0.348. The molecule has 0 aliphatic heterocycles. The van der Waals surface area contributed by atoms with E-state index in [1.807, 2.05) is 23.6 Å². The van der Waals surface area contributed by atoms with Gasteiger partial charge in [-0.25, -0.2) is 9.89 Å². The van der Waals surface area contributed by atoms with Crippen molar-refractivity contribution in [1.82, 2.24) is 34.7 Å². The maximum Gasteiger partial charge on any atom is 0.337 e. The van der Waals surface area contributed by atoms with E-state index in [1.54, 1.807) is 18.2 Å². The summed E-state index contributed by atoms with van der Waals surface area (Å²) in [5, 5.41) is 24.2. The van der Waals surface area contributed by atoms with Crippen LogP contribution in [-0.2, 0) is 13.1 Å². The topological polar surface area (TPSA) is 124 Å². The molecule has 0 fully saturated rings. The summed E-state index contributed by atoms with van der Waals surface area (Å²) in [5.74, 6) is -0.382. The van der Waals surface area contributed by atoms with Gasteiger partial charge in [0.1, 0.15) is 0 Å². The Hall–Kier alpha value is -4.47. The van der Waals surface area contributed by atoms with E-state index in [0.29, 0.717) is 36.0 Å². The Kier molecular flexibility index (Phi) is 5.77. The number of H-pyrrole nitrogens is 1. The highest BCUT2D eigenvalue weighted by atomic mass is 16.5. The Morgan fingerprint density at radius 2 is 1.91 bits per heavy atom. The molecule has 0 aliphatic rings. The van der Waals surface area contributed by atoms with Crippen LogP contribution in [0.1, 0.15) is 35.5 Å². The van der Waals surface area contributed by atoms with Crippen molar-refractivity contribution in [1.29, 1.82) is 0 Å². The Bertz CT molecular complexity index is 1500. The molecule has 0 atom stereocenters. The molecule has 0 saturated heterocycles. The van der Waals surface area contributed by atoms with Crippen LogP contribution >= 0.6 is 0 Å². The lowest BCUT2D eigenvalue weighted by atomic mass is 10.0. The molecule has 3 heterocycles. The van der Waals surface area contributed by atoms with E-state index in [1.165, 1.54) is 0 Å². The number of ether oxygens (including phenoxy) is 1. The molecule has 2 aromatic carbocycles. The van der Waals surface area contributed by atoms with E-state index in [-0.39, 0.29) is 5.56 Å². The minimum absolute atomic E-state index is 0.194. The van der Waals surface area contributed by atoms with Crippen LogP contribution in [0.3, 0.4) is 0 Å². The standard InChI is InChI=1S/C25H25N7O3/c1-4-31-15(3)13-19(23-27-29-30-28-23)21(31)17-11-9-16(10-12-17)14-32-22-18(24(33)34)7-6-8-20(22)26-25(32)35-5-2/h6-13H,4-5,14H2,1-3H3,(H,33,34)(H,27,28,29,30). The molecular formula is C25H25N7O3. The number of carbonyl (C=O) groups is 1. The number of nitrogens with one attached hydrogen (secondary N) is 1. The van der Waals surface area contributed by atoms with E-state index in [2.05, 4.69) is 62.2 Å². The number of aromatic amines is 1. The van der Waals surface area contributed by atoms with Crippen molar-refractivity contribution in [2.24, 2.45) is 0 Å². The van der Waals surface area contributed by atoms with Gasteiger partial charge in [-0.1, -0.05) is 30.3 Å². The number of aromatic carboxylic acids is 1. The van der Waals surface area contributed by atoms with Gasteiger partial charge in [0.15, 0.2) is 5.82 Å². The summed E-state index contributed by atoms with van der Waals surface area (Å²) in [6.07, 6.45) is 0. The highest BCUT2D eigenvalue weighted by Gasteiger charge is 2.20. The van der Waals surface area contributed by atoms with Crippen molar-refractivity contribution >= 4 is 17.0 Å². The molecule has 5 rings (SSSR count). The van der Waals surface area contributed by atoms with Crippen molar-refractivity contribution in [3.8, 4) is 28.7 Å². The van der Waals surface area contributed by atoms with Gasteiger partial charge in [-0.05, 0) is 60.5 Å². The number of hydrogen-bond acceptors (Lipinski definition) is 6. The molecule has 0 aliphatic carbocycles. The zero-order chi connectivity index (χ0) is 24.5. The normalized spacial score (nSPS) is 11.3. The van der Waals surface area contributed by atoms with E-state index in [9.17, 15) is 9.90 Å². The number of rotatable bonds is 8. The number of tetrazole rings is 1. The van der Waals surface area contributed by atoms with Crippen LogP contribution in [-0.4, -0.2) is 52.4 Å². The largest absolute Gasteiger partial charge is 0.478 e. The van der Waals surface area contributed by atoms with Gasteiger partial charge in [0, 0.05) is 17.8 Å². The fourth-order valence-corrected chi connectivity index (χ4v) is 4.52. The van der Waals surface area contributed by atoms with Crippen molar-refractivity contribution < 1.29 is 14.6 Å². The number of hydrogen-bond donors (Lipinski definition) is 2. The van der Waals surface area contributed by atoms with Gasteiger partial charge in [-0.2, -0.15) is 4.98 Å². The Morgan fingerprint density at radius 1 is 1.11 bits per heavy atom. The first-order valence-corrected chi connectivity index (χ1v) is 11.4. The van der Waals surface area contributed by atoms with Crippen LogP contribution in [0.15, 0.2) is 48.5 Å². The predicted octanol–water partition coefficient (Wildman–Crippen LogP) is 4.16. The first-order valence-electron chi connectivity index (χ1n) is 11.4. The van der Waals surface area contributed by atoms with E-state index >= 15 is 0 Å². The second-order valence-electron chi connectivity index (χ2n) is 8.13. The maximum absolute atomic E-state index is 11.9. The lowest BCUT2D eigenvalue weighted by molar-refractivity contribution is 0.0698. The Balaban J connectivity index is 1.56. The van der Waals surface area contributed by atoms with Gasteiger partial charge in [0.25, 0.3) is 6.01 Å². The summed E-state index contributed by atoms with van der Waals surface area (Å²) in [7, 11) is 0. The minimum Gasteiger partial charge on any atom is -0.478 e. The minimum atomic E-state index is -1.000. The molecule has 0 spiro atoms. The van der Waals surface area contributed by atoms with Gasteiger partial charge in [0.05, 0.1) is 35.4 Å². The molecule has 3 aromatic heterocycles. The van der Waals surface area contributed by atoms with Crippen LogP contribution in [0, 0.1) is 6.92 Å². The summed E-state index contributed by atoms with van der Waals surface area (Å²) < 4.78 is 9.79. The van der Waals surface area contributed by atoms with Crippen molar-refractivity contribution in [3.63, 3.8) is 0 Å². The molecule has 178 valence electrons. The molecular weight excluding hydrogens is 446 g/mol. The third kappa shape index (κ3) is 3.92. The van der Waals surface area contributed by atoms with Crippen LogP contribution in [0.5, 0.6) is 6.01 Å². The molecule has 0 radical (unpaired) electrons. The highest BCUT2D eigenvalue weighted by Crippen LogP contribution is 2.34. The number of benzene rings is 2. The fourth-order valence-electron chi connectivity index (χ4n) is 4.52. The first kappa shape index (κ1) is 22.3. The number of carboxylic acids is 1. The average Bonchev–Trinajstić information content (AvgIpc) is 3.58.